The number of nitrogens with one attached hydrogen (secondary N) is 1. The quantitative estimate of drug-likeness (QED) is 0.160. The maximum absolute atomic E-state index is 14.5. The fourth-order valence-electron chi connectivity index (χ4n) is 4.77. The number of amides is 2. The first-order valence-corrected chi connectivity index (χ1v) is 17.0. The number of carbonyl (C=O) groups is 2. The van der Waals surface area contributed by atoms with E-state index in [9.17, 15) is 18.0 Å². The van der Waals surface area contributed by atoms with Crippen molar-refractivity contribution in [2.75, 3.05) is 17.4 Å². The van der Waals surface area contributed by atoms with E-state index < -0.39 is 28.5 Å². The number of aryl methyl sites for hydroxylation is 1. The Kier molecular flexibility index (Phi) is 11.9. The van der Waals surface area contributed by atoms with Crippen molar-refractivity contribution in [3.8, 4) is 0 Å². The minimum atomic E-state index is -4.25. The van der Waals surface area contributed by atoms with Crippen LogP contribution >= 0.6 is 34.8 Å². The minimum absolute atomic E-state index is 0.00287. The topological polar surface area (TPSA) is 86.8 Å². The van der Waals surface area contributed by atoms with E-state index in [-0.39, 0.29) is 29.5 Å². The third-order valence-electron chi connectivity index (χ3n) is 7.19. The van der Waals surface area contributed by atoms with Crippen molar-refractivity contribution in [2.45, 2.75) is 44.2 Å². The zero-order valence-corrected chi connectivity index (χ0v) is 28.0. The molecule has 1 atom stereocenters. The van der Waals surface area contributed by atoms with Crippen molar-refractivity contribution < 1.29 is 18.0 Å². The SMILES string of the molecule is CCCNC(=O)[C@H](Cc1ccccc1)N(Cc1c(Cl)cccc1Cl)C(=O)CN(c1cccc(Cl)c1)S(=O)(=O)c1ccc(C)cc1. The van der Waals surface area contributed by atoms with Gasteiger partial charge in [0.25, 0.3) is 10.0 Å². The molecule has 0 saturated carbocycles. The lowest BCUT2D eigenvalue weighted by atomic mass is 10.0. The first-order valence-electron chi connectivity index (χ1n) is 14.4. The van der Waals surface area contributed by atoms with Crippen molar-refractivity contribution in [1.29, 1.82) is 0 Å². The zero-order chi connectivity index (χ0) is 32.6. The highest BCUT2D eigenvalue weighted by Crippen LogP contribution is 2.30. The Labute approximate surface area is 279 Å². The lowest BCUT2D eigenvalue weighted by Crippen LogP contribution is -2.53. The van der Waals surface area contributed by atoms with Crippen molar-refractivity contribution in [3.63, 3.8) is 0 Å². The molecule has 0 aromatic heterocycles. The Morgan fingerprint density at radius 2 is 1.49 bits per heavy atom. The van der Waals surface area contributed by atoms with Crippen LogP contribution in [0.25, 0.3) is 0 Å². The van der Waals surface area contributed by atoms with Crippen LogP contribution in [0.1, 0.15) is 30.0 Å². The number of carbonyl (C=O) groups excluding carboxylic acids is 2. The Morgan fingerprint density at radius 3 is 2.11 bits per heavy atom. The average Bonchev–Trinajstić information content (AvgIpc) is 3.02. The van der Waals surface area contributed by atoms with Crippen LogP contribution in [0.2, 0.25) is 15.1 Å². The predicted octanol–water partition coefficient (Wildman–Crippen LogP) is 7.32. The molecule has 4 rings (SSSR count). The summed E-state index contributed by atoms with van der Waals surface area (Å²) in [6, 6.07) is 25.9. The molecule has 0 aliphatic carbocycles. The van der Waals surface area contributed by atoms with Crippen molar-refractivity contribution in [3.05, 3.63) is 129 Å². The fraction of sp³-hybridized carbons (Fsp3) is 0.235. The molecule has 0 aliphatic heterocycles. The van der Waals surface area contributed by atoms with Gasteiger partial charge in [-0.25, -0.2) is 8.42 Å². The molecule has 0 fully saturated rings. The standard InChI is InChI=1S/C34H34Cl3N3O4S/c1-3-19-38-34(42)32(20-25-9-5-4-6-10-25)39(22-29-30(36)13-8-14-31(29)37)33(41)23-40(27-12-7-11-26(35)21-27)45(43,44)28-17-15-24(2)16-18-28/h4-18,21,32H,3,19-20,22-23H2,1-2H3,(H,38,42)/t32-/m0/s1. The molecule has 2 amide bonds. The molecule has 45 heavy (non-hydrogen) atoms. The molecule has 0 saturated heterocycles. The van der Waals surface area contributed by atoms with Crippen LogP contribution in [0.15, 0.2) is 102 Å². The molecule has 0 radical (unpaired) electrons. The summed E-state index contributed by atoms with van der Waals surface area (Å²) in [5.74, 6) is -1.01. The Balaban J connectivity index is 1.83. The van der Waals surface area contributed by atoms with Gasteiger partial charge in [0.2, 0.25) is 11.8 Å². The van der Waals surface area contributed by atoms with E-state index in [0.717, 1.165) is 15.4 Å². The monoisotopic (exact) mass is 685 g/mol. The summed E-state index contributed by atoms with van der Waals surface area (Å²) in [5.41, 5.74) is 2.33. The molecule has 0 heterocycles. The summed E-state index contributed by atoms with van der Waals surface area (Å²) in [4.78, 5) is 29.6. The molecule has 0 aliphatic rings. The van der Waals surface area contributed by atoms with E-state index in [1.54, 1.807) is 48.5 Å². The van der Waals surface area contributed by atoms with Gasteiger partial charge in [-0.1, -0.05) is 102 Å². The van der Waals surface area contributed by atoms with Crippen LogP contribution in [0.3, 0.4) is 0 Å². The highest BCUT2D eigenvalue weighted by molar-refractivity contribution is 7.92. The van der Waals surface area contributed by atoms with Gasteiger partial charge >= 0.3 is 0 Å². The molecule has 7 nitrogen and oxygen atoms in total. The number of nitrogens with zero attached hydrogens (tertiary/aromatic N) is 2. The van der Waals surface area contributed by atoms with Gasteiger partial charge in [0.15, 0.2) is 0 Å². The second kappa shape index (κ2) is 15.6. The summed E-state index contributed by atoms with van der Waals surface area (Å²) in [7, 11) is -4.25. The molecule has 0 unspecified atom stereocenters. The van der Waals surface area contributed by atoms with Gasteiger partial charge in [-0.3, -0.25) is 13.9 Å². The largest absolute Gasteiger partial charge is 0.354 e. The van der Waals surface area contributed by atoms with Crippen molar-refractivity contribution >= 4 is 62.3 Å². The number of rotatable bonds is 13. The van der Waals surface area contributed by atoms with Crippen LogP contribution in [0, 0.1) is 6.92 Å². The van der Waals surface area contributed by atoms with E-state index in [4.69, 9.17) is 34.8 Å². The van der Waals surface area contributed by atoms with Crippen LogP contribution in [0.4, 0.5) is 5.69 Å². The highest BCUT2D eigenvalue weighted by Gasteiger charge is 2.35. The minimum Gasteiger partial charge on any atom is -0.354 e. The zero-order valence-electron chi connectivity index (χ0n) is 24.9. The third-order valence-corrected chi connectivity index (χ3v) is 9.93. The molecule has 4 aromatic rings. The molecule has 0 bridgehead atoms. The van der Waals surface area contributed by atoms with E-state index in [1.165, 1.54) is 23.1 Å². The van der Waals surface area contributed by atoms with Gasteiger partial charge < -0.3 is 10.2 Å². The maximum Gasteiger partial charge on any atom is 0.264 e. The van der Waals surface area contributed by atoms with Crippen molar-refractivity contribution in [2.24, 2.45) is 0 Å². The Bertz CT molecular complexity index is 1720. The number of halogens is 3. The Hall–Kier alpha value is -3.56. The fourth-order valence-corrected chi connectivity index (χ4v) is 6.88. The number of benzene rings is 4. The van der Waals surface area contributed by atoms with E-state index in [2.05, 4.69) is 5.32 Å². The number of hydrogen-bond acceptors (Lipinski definition) is 4. The molecule has 11 heteroatoms. The third kappa shape index (κ3) is 8.79. The van der Waals surface area contributed by atoms with E-state index >= 15 is 0 Å². The normalized spacial score (nSPS) is 11.9. The van der Waals surface area contributed by atoms with E-state index in [0.29, 0.717) is 33.6 Å². The van der Waals surface area contributed by atoms with Crippen LogP contribution in [-0.4, -0.2) is 44.3 Å². The number of hydrogen-bond donors (Lipinski definition) is 1. The number of anilines is 1. The van der Waals surface area contributed by atoms with Crippen LogP contribution in [-0.2, 0) is 32.6 Å². The van der Waals surface area contributed by atoms with Crippen LogP contribution in [0.5, 0.6) is 0 Å². The lowest BCUT2D eigenvalue weighted by molar-refractivity contribution is -0.140. The predicted molar refractivity (Wildman–Crippen MR) is 181 cm³/mol. The van der Waals surface area contributed by atoms with Crippen LogP contribution < -0.4 is 9.62 Å². The van der Waals surface area contributed by atoms with Gasteiger partial charge in [-0.2, -0.15) is 0 Å². The van der Waals surface area contributed by atoms with Gasteiger partial charge in [0, 0.05) is 40.1 Å². The summed E-state index contributed by atoms with van der Waals surface area (Å²) >= 11 is 19.4. The molecule has 0 spiro atoms. The smallest absolute Gasteiger partial charge is 0.264 e. The lowest BCUT2D eigenvalue weighted by Gasteiger charge is -2.34. The highest BCUT2D eigenvalue weighted by atomic mass is 35.5. The molecular formula is C34H34Cl3N3O4S. The summed E-state index contributed by atoms with van der Waals surface area (Å²) in [5, 5.41) is 3.83. The number of sulfonamides is 1. The van der Waals surface area contributed by atoms with Gasteiger partial charge in [0.1, 0.15) is 12.6 Å². The Morgan fingerprint density at radius 1 is 0.844 bits per heavy atom. The summed E-state index contributed by atoms with van der Waals surface area (Å²) in [6.45, 7) is 3.42. The second-order valence-electron chi connectivity index (χ2n) is 10.5. The van der Waals surface area contributed by atoms with Gasteiger partial charge in [-0.05, 0) is 61.4 Å². The average molecular weight is 687 g/mol. The molecule has 236 valence electrons. The molecule has 1 N–H and O–H groups in total. The summed E-state index contributed by atoms with van der Waals surface area (Å²) < 4.78 is 29.2. The van der Waals surface area contributed by atoms with Gasteiger partial charge in [0.05, 0.1) is 10.6 Å². The maximum atomic E-state index is 14.5. The molecule has 4 aromatic carbocycles. The first kappa shape index (κ1) is 34.3. The second-order valence-corrected chi connectivity index (χ2v) is 13.6. The summed E-state index contributed by atoms with van der Waals surface area (Å²) in [6.07, 6.45) is 0.859. The van der Waals surface area contributed by atoms with Gasteiger partial charge in [-0.15, -0.1) is 0 Å². The van der Waals surface area contributed by atoms with Crippen molar-refractivity contribution in [1.82, 2.24) is 10.2 Å². The first-order chi connectivity index (χ1) is 21.5. The van der Waals surface area contributed by atoms with E-state index in [1.807, 2.05) is 44.2 Å². The molecular weight excluding hydrogens is 653 g/mol.